The first-order valence-electron chi connectivity index (χ1n) is 4.69. The Hall–Kier alpha value is -2.01. The summed E-state index contributed by atoms with van der Waals surface area (Å²) in [6, 6.07) is 5.55. The van der Waals surface area contributed by atoms with E-state index in [1.165, 1.54) is 18.3 Å². The van der Waals surface area contributed by atoms with Crippen LogP contribution in [0.4, 0.5) is 10.2 Å². The van der Waals surface area contributed by atoms with Gasteiger partial charge in [-0.05, 0) is 24.3 Å². The van der Waals surface area contributed by atoms with Crippen molar-refractivity contribution in [2.75, 3.05) is 5.32 Å². The molecule has 4 nitrogen and oxygen atoms in total. The van der Waals surface area contributed by atoms with Crippen LogP contribution in [0.1, 0.15) is 10.4 Å². The fourth-order valence-electron chi connectivity index (χ4n) is 1.17. The maximum atomic E-state index is 12.6. The average Bonchev–Trinajstić information content (AvgIpc) is 2.29. The first-order chi connectivity index (χ1) is 8.15. The van der Waals surface area contributed by atoms with Gasteiger partial charge in [-0.15, -0.1) is 0 Å². The summed E-state index contributed by atoms with van der Waals surface area (Å²) in [6.07, 6.45) is 2.62. The molecule has 0 fully saturated rings. The molecule has 0 saturated carbocycles. The Morgan fingerprint density at radius 2 is 2.12 bits per heavy atom. The van der Waals surface area contributed by atoms with Crippen molar-refractivity contribution in [2.45, 2.75) is 0 Å². The van der Waals surface area contributed by atoms with Gasteiger partial charge in [0, 0.05) is 17.4 Å². The molecule has 17 heavy (non-hydrogen) atoms. The standard InChI is InChI=1S/C11H7ClFN3O/c12-8-3-4-14-10(5-8)16-11(17)7-1-2-9(13)15-6-7/h1-6H,(H,14,16,17). The van der Waals surface area contributed by atoms with Gasteiger partial charge in [-0.1, -0.05) is 11.6 Å². The molecule has 0 bridgehead atoms. The molecule has 2 aromatic rings. The van der Waals surface area contributed by atoms with E-state index in [-0.39, 0.29) is 5.56 Å². The summed E-state index contributed by atoms with van der Waals surface area (Å²) in [4.78, 5) is 19.0. The van der Waals surface area contributed by atoms with Gasteiger partial charge in [0.1, 0.15) is 5.82 Å². The van der Waals surface area contributed by atoms with Crippen molar-refractivity contribution in [1.29, 1.82) is 0 Å². The average molecular weight is 252 g/mol. The molecule has 0 aromatic carbocycles. The maximum absolute atomic E-state index is 12.6. The van der Waals surface area contributed by atoms with Crippen LogP contribution in [-0.2, 0) is 0 Å². The zero-order chi connectivity index (χ0) is 12.3. The third-order valence-electron chi connectivity index (χ3n) is 1.95. The number of nitrogens with one attached hydrogen (secondary N) is 1. The molecule has 2 rings (SSSR count). The van der Waals surface area contributed by atoms with Crippen LogP contribution >= 0.6 is 11.6 Å². The van der Waals surface area contributed by atoms with E-state index in [1.807, 2.05) is 0 Å². The van der Waals surface area contributed by atoms with Crippen LogP contribution in [0.3, 0.4) is 0 Å². The zero-order valence-electron chi connectivity index (χ0n) is 8.52. The molecule has 1 N–H and O–H groups in total. The van der Waals surface area contributed by atoms with Crippen LogP contribution in [0, 0.1) is 5.95 Å². The lowest BCUT2D eigenvalue weighted by Crippen LogP contribution is -2.13. The molecular formula is C11H7ClFN3O. The molecule has 2 heterocycles. The normalized spacial score (nSPS) is 10.0. The van der Waals surface area contributed by atoms with Gasteiger partial charge in [0.15, 0.2) is 0 Å². The minimum Gasteiger partial charge on any atom is -0.306 e. The molecule has 86 valence electrons. The molecule has 0 aliphatic carbocycles. The number of aromatic nitrogens is 2. The number of carbonyl (C=O) groups excluding carboxylic acids is 1. The number of anilines is 1. The number of pyridine rings is 2. The predicted molar refractivity (Wildman–Crippen MR) is 61.4 cm³/mol. The van der Waals surface area contributed by atoms with Crippen LogP contribution in [0.15, 0.2) is 36.7 Å². The summed E-state index contributed by atoms with van der Waals surface area (Å²) in [6.45, 7) is 0. The number of hydrogen-bond donors (Lipinski definition) is 1. The number of carbonyl (C=O) groups is 1. The van der Waals surface area contributed by atoms with Crippen LogP contribution in [0.25, 0.3) is 0 Å². The molecular weight excluding hydrogens is 245 g/mol. The Labute approximate surface area is 101 Å². The van der Waals surface area contributed by atoms with E-state index in [2.05, 4.69) is 15.3 Å². The molecule has 2 aromatic heterocycles. The predicted octanol–water partition coefficient (Wildman–Crippen LogP) is 2.52. The Bertz CT molecular complexity index is 545. The van der Waals surface area contributed by atoms with Gasteiger partial charge in [-0.25, -0.2) is 9.97 Å². The van der Waals surface area contributed by atoms with Crippen molar-refractivity contribution in [2.24, 2.45) is 0 Å². The van der Waals surface area contributed by atoms with Crippen molar-refractivity contribution in [3.8, 4) is 0 Å². The zero-order valence-corrected chi connectivity index (χ0v) is 9.28. The highest BCUT2D eigenvalue weighted by Crippen LogP contribution is 2.12. The highest BCUT2D eigenvalue weighted by molar-refractivity contribution is 6.30. The molecule has 0 atom stereocenters. The van der Waals surface area contributed by atoms with Crippen molar-refractivity contribution in [3.63, 3.8) is 0 Å². The molecule has 0 spiro atoms. The van der Waals surface area contributed by atoms with Crippen molar-refractivity contribution in [3.05, 3.63) is 53.2 Å². The van der Waals surface area contributed by atoms with E-state index in [0.717, 1.165) is 12.3 Å². The van der Waals surface area contributed by atoms with Crippen molar-refractivity contribution < 1.29 is 9.18 Å². The van der Waals surface area contributed by atoms with Crippen LogP contribution in [0.5, 0.6) is 0 Å². The van der Waals surface area contributed by atoms with E-state index in [1.54, 1.807) is 6.07 Å². The highest BCUT2D eigenvalue weighted by Gasteiger charge is 2.07. The fourth-order valence-corrected chi connectivity index (χ4v) is 1.33. The Morgan fingerprint density at radius 1 is 1.29 bits per heavy atom. The summed E-state index contributed by atoms with van der Waals surface area (Å²) >= 11 is 5.74. The quantitative estimate of drug-likeness (QED) is 0.835. The summed E-state index contributed by atoms with van der Waals surface area (Å²) in [5, 5.41) is 2.99. The van der Waals surface area contributed by atoms with Gasteiger partial charge in [-0.3, -0.25) is 4.79 Å². The minimum atomic E-state index is -0.637. The van der Waals surface area contributed by atoms with E-state index >= 15 is 0 Å². The second-order valence-corrected chi connectivity index (χ2v) is 3.62. The largest absolute Gasteiger partial charge is 0.306 e. The summed E-state index contributed by atoms with van der Waals surface area (Å²) in [5.74, 6) is -0.735. The molecule has 0 unspecified atom stereocenters. The Morgan fingerprint density at radius 3 is 2.76 bits per heavy atom. The van der Waals surface area contributed by atoms with Crippen molar-refractivity contribution >= 4 is 23.3 Å². The summed E-state index contributed by atoms with van der Waals surface area (Å²) < 4.78 is 12.6. The van der Waals surface area contributed by atoms with Gasteiger partial charge in [0.25, 0.3) is 5.91 Å². The molecule has 0 aliphatic heterocycles. The first kappa shape index (κ1) is 11.5. The molecule has 0 saturated heterocycles. The molecule has 1 amide bonds. The van der Waals surface area contributed by atoms with Gasteiger partial charge in [-0.2, -0.15) is 4.39 Å². The van der Waals surface area contributed by atoms with E-state index < -0.39 is 11.9 Å². The Kier molecular flexibility index (Phi) is 3.30. The number of halogens is 2. The monoisotopic (exact) mass is 251 g/mol. The van der Waals surface area contributed by atoms with Crippen LogP contribution in [-0.4, -0.2) is 15.9 Å². The van der Waals surface area contributed by atoms with E-state index in [4.69, 9.17) is 11.6 Å². The van der Waals surface area contributed by atoms with Crippen molar-refractivity contribution in [1.82, 2.24) is 9.97 Å². The van der Waals surface area contributed by atoms with Crippen LogP contribution < -0.4 is 5.32 Å². The van der Waals surface area contributed by atoms with E-state index in [0.29, 0.717) is 10.8 Å². The smallest absolute Gasteiger partial charge is 0.258 e. The van der Waals surface area contributed by atoms with Gasteiger partial charge >= 0.3 is 0 Å². The topological polar surface area (TPSA) is 54.9 Å². The number of amides is 1. The number of hydrogen-bond acceptors (Lipinski definition) is 3. The lowest BCUT2D eigenvalue weighted by molar-refractivity contribution is 0.102. The summed E-state index contributed by atoms with van der Waals surface area (Å²) in [7, 11) is 0. The second-order valence-electron chi connectivity index (χ2n) is 3.18. The van der Waals surface area contributed by atoms with Gasteiger partial charge < -0.3 is 5.32 Å². The second kappa shape index (κ2) is 4.88. The van der Waals surface area contributed by atoms with Gasteiger partial charge in [0.2, 0.25) is 5.95 Å². The third kappa shape index (κ3) is 2.98. The number of rotatable bonds is 2. The lowest BCUT2D eigenvalue weighted by Gasteiger charge is -2.03. The molecule has 0 radical (unpaired) electrons. The SMILES string of the molecule is O=C(Nc1cc(Cl)ccn1)c1ccc(F)nc1. The number of nitrogens with zero attached hydrogens (tertiary/aromatic N) is 2. The molecule has 6 heteroatoms. The van der Waals surface area contributed by atoms with Crippen LogP contribution in [0.2, 0.25) is 5.02 Å². The fraction of sp³-hybridized carbons (Fsp3) is 0. The minimum absolute atomic E-state index is 0.244. The maximum Gasteiger partial charge on any atom is 0.258 e. The highest BCUT2D eigenvalue weighted by atomic mass is 35.5. The first-order valence-corrected chi connectivity index (χ1v) is 5.07. The summed E-state index contributed by atoms with van der Waals surface area (Å²) in [5.41, 5.74) is 0.244. The third-order valence-corrected chi connectivity index (χ3v) is 2.19. The Balaban J connectivity index is 2.14. The molecule has 0 aliphatic rings. The van der Waals surface area contributed by atoms with E-state index in [9.17, 15) is 9.18 Å². The lowest BCUT2D eigenvalue weighted by atomic mass is 10.2. The van der Waals surface area contributed by atoms with Gasteiger partial charge in [0.05, 0.1) is 5.56 Å².